The molecule has 0 amide bonds. The van der Waals surface area contributed by atoms with Crippen LogP contribution in [0.15, 0.2) is 30.5 Å². The molecule has 0 aliphatic rings. The number of unbranched alkanes of at least 4 members (excludes halogenated alkanes) is 3. The summed E-state index contributed by atoms with van der Waals surface area (Å²) < 4.78 is 6.91. The van der Waals surface area contributed by atoms with Crippen LogP contribution < -0.4 is 0 Å². The third-order valence-corrected chi connectivity index (χ3v) is 4.87. The number of aryl methyl sites for hydroxylation is 2. The Morgan fingerprint density at radius 3 is 2.69 bits per heavy atom. The molecule has 4 nitrogen and oxygen atoms in total. The van der Waals surface area contributed by atoms with Gasteiger partial charge in [-0.1, -0.05) is 49.6 Å². The van der Waals surface area contributed by atoms with E-state index < -0.39 is 0 Å². The van der Waals surface area contributed by atoms with Crippen molar-refractivity contribution in [1.82, 2.24) is 9.55 Å². The van der Waals surface area contributed by atoms with E-state index in [-0.39, 0.29) is 5.97 Å². The predicted octanol–water partition coefficient (Wildman–Crippen LogP) is 5.20. The van der Waals surface area contributed by atoms with Gasteiger partial charge in [0.2, 0.25) is 0 Å². The van der Waals surface area contributed by atoms with Gasteiger partial charge in [0.1, 0.15) is 5.82 Å². The molecular formula is C21H29ClN2O2. The molecule has 2 rings (SSSR count). The zero-order valence-electron chi connectivity index (χ0n) is 15.8. The third kappa shape index (κ3) is 6.49. The van der Waals surface area contributed by atoms with Crippen molar-refractivity contribution in [3.63, 3.8) is 0 Å². The Hall–Kier alpha value is -1.81. The quantitative estimate of drug-likeness (QED) is 0.399. The Bertz CT molecular complexity index is 697. The van der Waals surface area contributed by atoms with E-state index in [0.717, 1.165) is 73.6 Å². The van der Waals surface area contributed by atoms with Crippen LogP contribution in [-0.4, -0.2) is 22.6 Å². The highest BCUT2D eigenvalue weighted by atomic mass is 35.5. The summed E-state index contributed by atoms with van der Waals surface area (Å²) in [7, 11) is 1.44. The maximum atomic E-state index is 11.1. The molecule has 0 atom stereocenters. The first-order valence-electron chi connectivity index (χ1n) is 9.49. The number of methoxy groups -OCH3 is 1. The van der Waals surface area contributed by atoms with Crippen LogP contribution in [0.4, 0.5) is 0 Å². The second-order valence-electron chi connectivity index (χ2n) is 6.61. The van der Waals surface area contributed by atoms with Gasteiger partial charge in [-0.05, 0) is 37.3 Å². The number of esters is 1. The summed E-state index contributed by atoms with van der Waals surface area (Å²) in [6.07, 6.45) is 9.80. The zero-order valence-corrected chi connectivity index (χ0v) is 16.6. The van der Waals surface area contributed by atoms with Gasteiger partial charge in [0.15, 0.2) is 0 Å². The van der Waals surface area contributed by atoms with Gasteiger partial charge in [-0.25, -0.2) is 4.98 Å². The number of ether oxygens (including phenoxy) is 1. The number of carbonyl (C=O) groups is 1. The fourth-order valence-electron chi connectivity index (χ4n) is 2.97. The molecule has 26 heavy (non-hydrogen) atoms. The summed E-state index contributed by atoms with van der Waals surface area (Å²) in [5.41, 5.74) is 2.25. The monoisotopic (exact) mass is 376 g/mol. The molecule has 0 radical (unpaired) electrons. The number of hydrogen-bond acceptors (Lipinski definition) is 3. The summed E-state index contributed by atoms with van der Waals surface area (Å²) >= 11 is 6.32. The SMILES string of the molecule is CCCCc1nc(CCCCCC(=O)OC)cn1Cc1ccccc1Cl. The topological polar surface area (TPSA) is 44.1 Å². The molecule has 0 aliphatic heterocycles. The third-order valence-electron chi connectivity index (χ3n) is 4.50. The first-order valence-corrected chi connectivity index (χ1v) is 9.87. The van der Waals surface area contributed by atoms with Gasteiger partial charge >= 0.3 is 5.97 Å². The number of nitrogens with zero attached hydrogens (tertiary/aromatic N) is 2. The first kappa shape index (κ1) is 20.5. The number of rotatable bonds is 11. The van der Waals surface area contributed by atoms with E-state index >= 15 is 0 Å². The molecule has 1 heterocycles. The van der Waals surface area contributed by atoms with E-state index in [4.69, 9.17) is 16.6 Å². The van der Waals surface area contributed by atoms with Gasteiger partial charge in [0, 0.05) is 24.1 Å². The van der Waals surface area contributed by atoms with Crippen molar-refractivity contribution in [3.8, 4) is 0 Å². The molecule has 0 saturated carbocycles. The standard InChI is InChI=1S/C21H29ClN2O2/c1-3-4-13-20-23-18(11-6-5-7-14-21(25)26-2)16-24(20)15-17-10-8-9-12-19(17)22/h8-10,12,16H,3-7,11,13-15H2,1-2H3. The molecule has 0 bridgehead atoms. The molecule has 1 aromatic heterocycles. The van der Waals surface area contributed by atoms with Gasteiger partial charge in [-0.2, -0.15) is 0 Å². The molecule has 0 aliphatic carbocycles. The maximum Gasteiger partial charge on any atom is 0.305 e. The summed E-state index contributed by atoms with van der Waals surface area (Å²) in [4.78, 5) is 16.0. The van der Waals surface area contributed by atoms with Crippen LogP contribution in [-0.2, 0) is 28.9 Å². The average Bonchev–Trinajstić information content (AvgIpc) is 3.03. The Labute approximate surface area is 161 Å². The lowest BCUT2D eigenvalue weighted by Crippen LogP contribution is -2.04. The van der Waals surface area contributed by atoms with Gasteiger partial charge < -0.3 is 9.30 Å². The molecular weight excluding hydrogens is 348 g/mol. The van der Waals surface area contributed by atoms with Crippen molar-refractivity contribution >= 4 is 17.6 Å². The lowest BCUT2D eigenvalue weighted by atomic mass is 10.1. The molecule has 142 valence electrons. The lowest BCUT2D eigenvalue weighted by Gasteiger charge is -2.09. The fourth-order valence-corrected chi connectivity index (χ4v) is 3.16. The van der Waals surface area contributed by atoms with Crippen LogP contribution in [0.2, 0.25) is 5.02 Å². The number of imidazole rings is 1. The van der Waals surface area contributed by atoms with E-state index in [0.29, 0.717) is 6.42 Å². The Kier molecular flexibility index (Phi) is 8.69. The molecule has 2 aromatic rings. The van der Waals surface area contributed by atoms with E-state index in [2.05, 4.69) is 28.5 Å². The molecule has 0 spiro atoms. The predicted molar refractivity (Wildman–Crippen MR) is 106 cm³/mol. The van der Waals surface area contributed by atoms with Crippen molar-refractivity contribution in [2.75, 3.05) is 7.11 Å². The highest BCUT2D eigenvalue weighted by Crippen LogP contribution is 2.19. The van der Waals surface area contributed by atoms with Gasteiger partial charge in [-0.3, -0.25) is 4.79 Å². The second-order valence-corrected chi connectivity index (χ2v) is 7.02. The van der Waals surface area contributed by atoms with Crippen LogP contribution in [0.3, 0.4) is 0 Å². The highest BCUT2D eigenvalue weighted by Gasteiger charge is 2.10. The van der Waals surface area contributed by atoms with Crippen molar-refractivity contribution < 1.29 is 9.53 Å². The highest BCUT2D eigenvalue weighted by molar-refractivity contribution is 6.31. The van der Waals surface area contributed by atoms with Gasteiger partial charge in [0.05, 0.1) is 19.3 Å². The number of benzene rings is 1. The van der Waals surface area contributed by atoms with Crippen LogP contribution in [0, 0.1) is 0 Å². The van der Waals surface area contributed by atoms with Crippen LogP contribution >= 0.6 is 11.6 Å². The molecule has 0 fully saturated rings. The second kappa shape index (κ2) is 11.0. The lowest BCUT2D eigenvalue weighted by molar-refractivity contribution is -0.140. The molecule has 1 aromatic carbocycles. The average molecular weight is 377 g/mol. The Morgan fingerprint density at radius 2 is 1.96 bits per heavy atom. The number of halogens is 1. The molecule has 0 unspecified atom stereocenters. The van der Waals surface area contributed by atoms with Crippen molar-refractivity contribution in [2.24, 2.45) is 0 Å². The van der Waals surface area contributed by atoms with E-state index in [1.807, 2.05) is 18.2 Å². The molecule has 0 saturated heterocycles. The number of aromatic nitrogens is 2. The minimum absolute atomic E-state index is 0.129. The van der Waals surface area contributed by atoms with Crippen molar-refractivity contribution in [2.45, 2.75) is 64.8 Å². The smallest absolute Gasteiger partial charge is 0.305 e. The summed E-state index contributed by atoms with van der Waals surface area (Å²) in [5.74, 6) is 1.01. The minimum Gasteiger partial charge on any atom is -0.469 e. The summed E-state index contributed by atoms with van der Waals surface area (Å²) in [6.45, 7) is 2.96. The zero-order chi connectivity index (χ0) is 18.8. The van der Waals surface area contributed by atoms with Crippen LogP contribution in [0.5, 0.6) is 0 Å². The van der Waals surface area contributed by atoms with E-state index in [9.17, 15) is 4.79 Å². The molecule has 5 heteroatoms. The summed E-state index contributed by atoms with van der Waals surface area (Å²) in [5, 5.41) is 0.798. The Morgan fingerprint density at radius 1 is 1.15 bits per heavy atom. The number of carbonyl (C=O) groups excluding carboxylic acids is 1. The van der Waals surface area contributed by atoms with Crippen LogP contribution in [0.25, 0.3) is 0 Å². The summed E-state index contributed by atoms with van der Waals surface area (Å²) in [6, 6.07) is 7.98. The maximum absolute atomic E-state index is 11.1. The van der Waals surface area contributed by atoms with Crippen LogP contribution in [0.1, 0.15) is 62.5 Å². The minimum atomic E-state index is -0.129. The largest absolute Gasteiger partial charge is 0.469 e. The van der Waals surface area contributed by atoms with E-state index in [1.165, 1.54) is 7.11 Å². The fraction of sp³-hybridized carbons (Fsp3) is 0.524. The van der Waals surface area contributed by atoms with Crippen molar-refractivity contribution in [3.05, 3.63) is 52.6 Å². The normalized spacial score (nSPS) is 10.9. The van der Waals surface area contributed by atoms with Crippen molar-refractivity contribution in [1.29, 1.82) is 0 Å². The first-order chi connectivity index (χ1) is 12.6. The van der Waals surface area contributed by atoms with E-state index in [1.54, 1.807) is 0 Å². The Balaban J connectivity index is 1.96. The number of hydrogen-bond donors (Lipinski definition) is 0. The molecule has 0 N–H and O–H groups in total. The van der Waals surface area contributed by atoms with Gasteiger partial charge in [0.25, 0.3) is 0 Å². The van der Waals surface area contributed by atoms with Gasteiger partial charge in [-0.15, -0.1) is 0 Å².